The molecule has 0 aliphatic carbocycles. The average Bonchev–Trinajstić information content (AvgIpc) is 1.82. The van der Waals surface area contributed by atoms with Crippen LogP contribution in [-0.2, 0) is 5.41 Å². The second-order valence-corrected chi connectivity index (χ2v) is 4.70. The number of rotatable bonds is 0. The second-order valence-electron chi connectivity index (χ2n) is 4.22. The fourth-order valence-electron chi connectivity index (χ4n) is 1.63. The van der Waals surface area contributed by atoms with Gasteiger partial charge in [0, 0.05) is 4.90 Å². The highest BCUT2D eigenvalue weighted by Crippen LogP contribution is 2.30. The first-order valence-corrected chi connectivity index (χ1v) is 4.66. The summed E-state index contributed by atoms with van der Waals surface area (Å²) in [6.07, 6.45) is 0. The summed E-state index contributed by atoms with van der Waals surface area (Å²) in [4.78, 5) is 1.10. The maximum atomic E-state index is 4.46. The maximum absolute atomic E-state index is 4.46. The van der Waals surface area contributed by atoms with Crippen LogP contribution in [0.4, 0.5) is 0 Å². The standard InChI is InChI=1S/C11H16S/c1-8-6-5-7-9(12)10(8)11(2,3)4/h5-7,12H,1-4H3. The van der Waals surface area contributed by atoms with Crippen molar-refractivity contribution >= 4 is 12.6 Å². The molecule has 1 heteroatoms. The van der Waals surface area contributed by atoms with Gasteiger partial charge in [-0.3, -0.25) is 0 Å². The lowest BCUT2D eigenvalue weighted by Gasteiger charge is -2.23. The Morgan fingerprint density at radius 3 is 2.08 bits per heavy atom. The predicted molar refractivity (Wildman–Crippen MR) is 57.1 cm³/mol. The molecule has 0 heterocycles. The highest BCUT2D eigenvalue weighted by atomic mass is 32.1. The molecule has 0 aliphatic rings. The number of benzene rings is 1. The van der Waals surface area contributed by atoms with E-state index in [0.717, 1.165) is 4.90 Å². The van der Waals surface area contributed by atoms with Crippen molar-refractivity contribution in [3.05, 3.63) is 29.3 Å². The van der Waals surface area contributed by atoms with Gasteiger partial charge in [-0.05, 0) is 29.5 Å². The molecule has 0 saturated carbocycles. The van der Waals surface area contributed by atoms with Crippen LogP contribution >= 0.6 is 12.6 Å². The van der Waals surface area contributed by atoms with E-state index >= 15 is 0 Å². The summed E-state index contributed by atoms with van der Waals surface area (Å²) >= 11 is 4.46. The molecule has 0 spiro atoms. The molecule has 0 atom stereocenters. The second kappa shape index (κ2) is 3.14. The molecule has 0 amide bonds. The van der Waals surface area contributed by atoms with Crippen molar-refractivity contribution in [1.29, 1.82) is 0 Å². The van der Waals surface area contributed by atoms with Crippen LogP contribution in [0.15, 0.2) is 23.1 Å². The summed E-state index contributed by atoms with van der Waals surface area (Å²) in [5, 5.41) is 0. The summed E-state index contributed by atoms with van der Waals surface area (Å²) < 4.78 is 0. The normalized spacial score (nSPS) is 11.8. The lowest BCUT2D eigenvalue weighted by molar-refractivity contribution is 0.574. The first kappa shape index (κ1) is 9.66. The van der Waals surface area contributed by atoms with E-state index in [9.17, 15) is 0 Å². The molecule has 1 rings (SSSR count). The summed E-state index contributed by atoms with van der Waals surface area (Å²) in [5.74, 6) is 0. The van der Waals surface area contributed by atoms with Crippen LogP contribution in [0.25, 0.3) is 0 Å². The Labute approximate surface area is 80.4 Å². The van der Waals surface area contributed by atoms with Gasteiger partial charge in [-0.15, -0.1) is 12.6 Å². The number of hydrogen-bond acceptors (Lipinski definition) is 1. The molecular weight excluding hydrogens is 164 g/mol. The molecule has 66 valence electrons. The van der Waals surface area contributed by atoms with Gasteiger partial charge in [0.05, 0.1) is 0 Å². The van der Waals surface area contributed by atoms with Crippen LogP contribution in [0.3, 0.4) is 0 Å². The Balaban J connectivity index is 3.31. The van der Waals surface area contributed by atoms with Crippen molar-refractivity contribution < 1.29 is 0 Å². The minimum Gasteiger partial charge on any atom is -0.143 e. The summed E-state index contributed by atoms with van der Waals surface area (Å²) in [5.41, 5.74) is 2.88. The van der Waals surface area contributed by atoms with Crippen LogP contribution in [0, 0.1) is 6.92 Å². The molecule has 0 fully saturated rings. The number of aryl methyl sites for hydroxylation is 1. The highest BCUT2D eigenvalue weighted by Gasteiger charge is 2.18. The Morgan fingerprint density at radius 1 is 1.17 bits per heavy atom. The Kier molecular flexibility index (Phi) is 2.52. The third kappa shape index (κ3) is 1.84. The van der Waals surface area contributed by atoms with Crippen LogP contribution < -0.4 is 0 Å². The summed E-state index contributed by atoms with van der Waals surface area (Å²) in [6.45, 7) is 8.79. The molecule has 0 saturated heterocycles. The van der Waals surface area contributed by atoms with Gasteiger partial charge in [-0.1, -0.05) is 32.9 Å². The fraction of sp³-hybridized carbons (Fsp3) is 0.455. The van der Waals surface area contributed by atoms with Crippen molar-refractivity contribution in [2.45, 2.75) is 38.0 Å². The Hall–Kier alpha value is -0.430. The Bertz CT molecular complexity index is 261. The zero-order valence-electron chi connectivity index (χ0n) is 8.18. The van der Waals surface area contributed by atoms with Gasteiger partial charge in [0.15, 0.2) is 0 Å². The zero-order valence-corrected chi connectivity index (χ0v) is 9.07. The Morgan fingerprint density at radius 2 is 1.75 bits per heavy atom. The van der Waals surface area contributed by atoms with Gasteiger partial charge in [-0.25, -0.2) is 0 Å². The molecule has 0 aliphatic heterocycles. The molecule has 0 N–H and O–H groups in total. The zero-order chi connectivity index (χ0) is 9.35. The monoisotopic (exact) mass is 180 g/mol. The SMILES string of the molecule is Cc1cccc(S)c1C(C)(C)C. The van der Waals surface area contributed by atoms with Gasteiger partial charge in [0.2, 0.25) is 0 Å². The summed E-state index contributed by atoms with van der Waals surface area (Å²) in [6, 6.07) is 6.24. The third-order valence-corrected chi connectivity index (χ3v) is 2.37. The van der Waals surface area contributed by atoms with E-state index in [0.29, 0.717) is 0 Å². The molecule has 0 bridgehead atoms. The van der Waals surface area contributed by atoms with Gasteiger partial charge >= 0.3 is 0 Å². The molecule has 1 aromatic rings. The molecule has 0 unspecified atom stereocenters. The van der Waals surface area contributed by atoms with Gasteiger partial charge < -0.3 is 0 Å². The van der Waals surface area contributed by atoms with Gasteiger partial charge in [0.1, 0.15) is 0 Å². The quantitative estimate of drug-likeness (QED) is 0.580. The fourth-order valence-corrected chi connectivity index (χ4v) is 2.23. The lowest BCUT2D eigenvalue weighted by atomic mass is 9.84. The first-order valence-electron chi connectivity index (χ1n) is 4.22. The van der Waals surface area contributed by atoms with Crippen molar-refractivity contribution in [3.63, 3.8) is 0 Å². The third-order valence-electron chi connectivity index (χ3n) is 2.00. The van der Waals surface area contributed by atoms with Crippen LogP contribution in [0.1, 0.15) is 31.9 Å². The number of hydrogen-bond donors (Lipinski definition) is 1. The topological polar surface area (TPSA) is 0 Å². The van der Waals surface area contributed by atoms with Crippen molar-refractivity contribution in [2.24, 2.45) is 0 Å². The largest absolute Gasteiger partial charge is 0.143 e. The lowest BCUT2D eigenvalue weighted by Crippen LogP contribution is -2.13. The van der Waals surface area contributed by atoms with Crippen molar-refractivity contribution in [1.82, 2.24) is 0 Å². The molecule has 0 radical (unpaired) electrons. The molecule has 1 aromatic carbocycles. The molecular formula is C11H16S. The van der Waals surface area contributed by atoms with E-state index in [1.54, 1.807) is 0 Å². The van der Waals surface area contributed by atoms with Crippen LogP contribution in [0.5, 0.6) is 0 Å². The summed E-state index contributed by atoms with van der Waals surface area (Å²) in [7, 11) is 0. The van der Waals surface area contributed by atoms with Gasteiger partial charge in [0.25, 0.3) is 0 Å². The van der Waals surface area contributed by atoms with Gasteiger partial charge in [-0.2, -0.15) is 0 Å². The minimum atomic E-state index is 0.197. The minimum absolute atomic E-state index is 0.197. The van der Waals surface area contributed by atoms with E-state index in [-0.39, 0.29) is 5.41 Å². The van der Waals surface area contributed by atoms with Crippen LogP contribution in [0.2, 0.25) is 0 Å². The molecule has 12 heavy (non-hydrogen) atoms. The molecule has 0 nitrogen and oxygen atoms in total. The first-order chi connectivity index (χ1) is 5.43. The van der Waals surface area contributed by atoms with E-state index in [1.165, 1.54) is 11.1 Å². The average molecular weight is 180 g/mol. The van der Waals surface area contributed by atoms with E-state index in [1.807, 2.05) is 6.07 Å². The maximum Gasteiger partial charge on any atom is 0.00800 e. The predicted octanol–water partition coefficient (Wildman–Crippen LogP) is 3.58. The highest BCUT2D eigenvalue weighted by molar-refractivity contribution is 7.80. The number of thiol groups is 1. The van der Waals surface area contributed by atoms with Crippen molar-refractivity contribution in [3.8, 4) is 0 Å². The van der Waals surface area contributed by atoms with Crippen LogP contribution in [-0.4, -0.2) is 0 Å². The van der Waals surface area contributed by atoms with E-state index < -0.39 is 0 Å². The van der Waals surface area contributed by atoms with Crippen molar-refractivity contribution in [2.75, 3.05) is 0 Å². The molecule has 0 aromatic heterocycles. The van der Waals surface area contributed by atoms with E-state index in [2.05, 4.69) is 52.5 Å². The van der Waals surface area contributed by atoms with E-state index in [4.69, 9.17) is 0 Å². The smallest absolute Gasteiger partial charge is 0.00800 e.